The number of anilines is 2. The number of aryl methyl sites for hydroxylation is 1. The molecule has 0 aliphatic heterocycles. The third-order valence-corrected chi connectivity index (χ3v) is 9.85. The van der Waals surface area contributed by atoms with E-state index in [2.05, 4.69) is 5.32 Å². The van der Waals surface area contributed by atoms with Crippen molar-refractivity contribution in [1.29, 1.82) is 0 Å². The first-order valence-electron chi connectivity index (χ1n) is 14.1. The number of amides is 1. The van der Waals surface area contributed by atoms with Gasteiger partial charge in [0.25, 0.3) is 5.91 Å². The molecular formula is C33H31N3O5S2. The van der Waals surface area contributed by atoms with Crippen molar-refractivity contribution >= 4 is 55.5 Å². The van der Waals surface area contributed by atoms with Crippen LogP contribution in [0.5, 0.6) is 11.5 Å². The van der Waals surface area contributed by atoms with E-state index in [1.165, 1.54) is 22.7 Å². The highest BCUT2D eigenvalue weighted by atomic mass is 32.1. The molecule has 43 heavy (non-hydrogen) atoms. The van der Waals surface area contributed by atoms with Crippen molar-refractivity contribution in [3.05, 3.63) is 75.5 Å². The van der Waals surface area contributed by atoms with Gasteiger partial charge in [0.05, 0.1) is 37.8 Å². The van der Waals surface area contributed by atoms with Crippen LogP contribution in [0.15, 0.2) is 54.6 Å². The topological polar surface area (TPSA) is 113 Å². The summed E-state index contributed by atoms with van der Waals surface area (Å²) in [5.41, 5.74) is 11.7. The number of pyridine rings is 1. The highest BCUT2D eigenvalue weighted by molar-refractivity contribution is 7.21. The van der Waals surface area contributed by atoms with Crippen LogP contribution in [0.3, 0.4) is 0 Å². The molecule has 2 aromatic carbocycles. The molecule has 1 aliphatic carbocycles. The molecule has 1 aliphatic rings. The number of thiophene rings is 2. The third-order valence-electron chi connectivity index (χ3n) is 7.55. The lowest BCUT2D eigenvalue weighted by molar-refractivity contribution is 0.0526. The van der Waals surface area contributed by atoms with E-state index in [4.69, 9.17) is 24.9 Å². The third kappa shape index (κ3) is 5.32. The predicted molar refractivity (Wildman–Crippen MR) is 173 cm³/mol. The predicted octanol–water partition coefficient (Wildman–Crippen LogP) is 7.60. The van der Waals surface area contributed by atoms with Crippen LogP contribution in [-0.2, 0) is 17.6 Å². The average Bonchev–Trinajstić information content (AvgIpc) is 3.57. The number of hydrogen-bond donors (Lipinski definition) is 2. The van der Waals surface area contributed by atoms with Crippen molar-refractivity contribution in [2.45, 2.75) is 32.6 Å². The van der Waals surface area contributed by atoms with Crippen LogP contribution in [0.2, 0.25) is 0 Å². The summed E-state index contributed by atoms with van der Waals surface area (Å²) >= 11 is 2.67. The molecule has 1 amide bonds. The number of nitrogen functional groups attached to an aromatic ring is 1. The van der Waals surface area contributed by atoms with Gasteiger partial charge in [0.1, 0.15) is 26.2 Å². The Morgan fingerprint density at radius 2 is 1.77 bits per heavy atom. The van der Waals surface area contributed by atoms with Crippen LogP contribution in [0.4, 0.5) is 10.7 Å². The summed E-state index contributed by atoms with van der Waals surface area (Å²) < 4.78 is 16.6. The largest absolute Gasteiger partial charge is 0.497 e. The van der Waals surface area contributed by atoms with Gasteiger partial charge in [-0.25, -0.2) is 9.78 Å². The van der Waals surface area contributed by atoms with Crippen LogP contribution in [0.1, 0.15) is 50.2 Å². The molecule has 0 spiro atoms. The normalized spacial score (nSPS) is 12.5. The van der Waals surface area contributed by atoms with E-state index < -0.39 is 11.9 Å². The zero-order chi connectivity index (χ0) is 30.1. The Kier molecular flexibility index (Phi) is 8.05. The number of fused-ring (bicyclic) bond motifs is 2. The highest BCUT2D eigenvalue weighted by Crippen LogP contribution is 2.45. The smallest absolute Gasteiger partial charge is 0.341 e. The summed E-state index contributed by atoms with van der Waals surface area (Å²) in [4.78, 5) is 33.9. The number of nitrogens with two attached hydrogens (primary N) is 1. The summed E-state index contributed by atoms with van der Waals surface area (Å²) in [7, 11) is 3.22. The van der Waals surface area contributed by atoms with Gasteiger partial charge < -0.3 is 25.3 Å². The molecule has 0 unspecified atom stereocenters. The van der Waals surface area contributed by atoms with Crippen molar-refractivity contribution < 1.29 is 23.8 Å². The Labute approximate surface area is 257 Å². The summed E-state index contributed by atoms with van der Waals surface area (Å²) in [6.45, 7) is 2.03. The monoisotopic (exact) mass is 613 g/mol. The van der Waals surface area contributed by atoms with Crippen LogP contribution >= 0.6 is 22.7 Å². The zero-order valence-electron chi connectivity index (χ0n) is 24.1. The lowest BCUT2D eigenvalue weighted by Gasteiger charge is -2.14. The van der Waals surface area contributed by atoms with Gasteiger partial charge in [0.15, 0.2) is 0 Å². The van der Waals surface area contributed by atoms with E-state index in [1.807, 2.05) is 54.6 Å². The number of carbonyl (C=O) groups excluding carboxylic acids is 2. The number of rotatable bonds is 8. The molecule has 8 nitrogen and oxygen atoms in total. The highest BCUT2D eigenvalue weighted by Gasteiger charge is 2.29. The Hall–Kier alpha value is -4.41. The van der Waals surface area contributed by atoms with Gasteiger partial charge in [-0.3, -0.25) is 4.79 Å². The number of ether oxygens (including phenoxy) is 3. The molecule has 0 bridgehead atoms. The van der Waals surface area contributed by atoms with Gasteiger partial charge in [-0.1, -0.05) is 30.3 Å². The van der Waals surface area contributed by atoms with Crippen molar-refractivity contribution in [2.24, 2.45) is 0 Å². The molecule has 6 rings (SSSR count). The fraction of sp³-hybridized carbons (Fsp3) is 0.242. The van der Waals surface area contributed by atoms with E-state index in [0.29, 0.717) is 42.8 Å². The number of methoxy groups -OCH3 is 2. The van der Waals surface area contributed by atoms with Crippen LogP contribution in [0.25, 0.3) is 32.6 Å². The maximum Gasteiger partial charge on any atom is 0.341 e. The first-order chi connectivity index (χ1) is 20.9. The number of nitrogens with zero attached hydrogens (tertiary/aromatic N) is 1. The molecule has 3 heterocycles. The molecule has 0 radical (unpaired) electrons. The molecule has 220 valence electrons. The Morgan fingerprint density at radius 1 is 0.977 bits per heavy atom. The van der Waals surface area contributed by atoms with E-state index in [9.17, 15) is 9.59 Å². The molecule has 0 fully saturated rings. The molecule has 0 saturated carbocycles. The van der Waals surface area contributed by atoms with E-state index >= 15 is 0 Å². The Bertz CT molecular complexity index is 1840. The fourth-order valence-electron chi connectivity index (χ4n) is 5.52. The zero-order valence-corrected chi connectivity index (χ0v) is 25.7. The molecule has 3 N–H and O–H groups in total. The molecular weight excluding hydrogens is 583 g/mol. The van der Waals surface area contributed by atoms with Crippen molar-refractivity contribution in [3.8, 4) is 33.9 Å². The van der Waals surface area contributed by atoms with Crippen LogP contribution in [0, 0.1) is 0 Å². The number of nitrogens with one attached hydrogen (secondary N) is 1. The van der Waals surface area contributed by atoms with Gasteiger partial charge >= 0.3 is 5.97 Å². The lowest BCUT2D eigenvalue weighted by atomic mass is 9.95. The standard InChI is InChI=1S/C33H31N3O5S2/c1-4-41-33(38)27-20-12-8-9-13-25(20)42-32(27)36-30(37)29-28(34)26-22(21-16-19(39-2)14-15-24(21)40-3)17-23(35-31(26)43-29)18-10-6-5-7-11-18/h5-7,10-11,14-17H,4,8-9,12-13,34H2,1-3H3,(H,36,37). The van der Waals surface area contributed by atoms with Gasteiger partial charge in [-0.2, -0.15) is 0 Å². The minimum atomic E-state index is -0.414. The van der Waals surface area contributed by atoms with Crippen molar-refractivity contribution in [2.75, 3.05) is 31.9 Å². The van der Waals surface area contributed by atoms with E-state index in [1.54, 1.807) is 21.1 Å². The molecule has 0 atom stereocenters. The van der Waals surface area contributed by atoms with Crippen LogP contribution in [-0.4, -0.2) is 37.7 Å². The molecule has 0 saturated heterocycles. The van der Waals surface area contributed by atoms with E-state index in [-0.39, 0.29) is 6.61 Å². The van der Waals surface area contributed by atoms with Crippen molar-refractivity contribution in [1.82, 2.24) is 4.98 Å². The Morgan fingerprint density at radius 3 is 2.51 bits per heavy atom. The summed E-state index contributed by atoms with van der Waals surface area (Å²) in [5, 5.41) is 4.16. The van der Waals surface area contributed by atoms with E-state index in [0.717, 1.165) is 58.5 Å². The minimum absolute atomic E-state index is 0.256. The molecule has 10 heteroatoms. The second-order valence-corrected chi connectivity index (χ2v) is 12.2. The Balaban J connectivity index is 1.50. The van der Waals surface area contributed by atoms with Gasteiger partial charge in [-0.15, -0.1) is 22.7 Å². The number of aromatic nitrogens is 1. The summed E-state index contributed by atoms with van der Waals surface area (Å²) in [6.07, 6.45) is 3.72. The first-order valence-corrected chi connectivity index (χ1v) is 15.7. The number of hydrogen-bond acceptors (Lipinski definition) is 9. The number of carbonyl (C=O) groups is 2. The van der Waals surface area contributed by atoms with Gasteiger partial charge in [0, 0.05) is 27.0 Å². The van der Waals surface area contributed by atoms with Crippen molar-refractivity contribution in [3.63, 3.8) is 0 Å². The molecule has 3 aromatic heterocycles. The maximum atomic E-state index is 13.9. The second kappa shape index (κ2) is 12.1. The quantitative estimate of drug-likeness (QED) is 0.173. The SMILES string of the molecule is CCOC(=O)c1c(NC(=O)c2sc3nc(-c4ccccc4)cc(-c4cc(OC)ccc4OC)c3c2N)sc2c1CCCC2. The van der Waals surface area contributed by atoms with Crippen LogP contribution < -0.4 is 20.5 Å². The number of esters is 1. The minimum Gasteiger partial charge on any atom is -0.497 e. The van der Waals surface area contributed by atoms with Gasteiger partial charge in [0.2, 0.25) is 0 Å². The average molecular weight is 614 g/mol. The summed E-state index contributed by atoms with van der Waals surface area (Å²) in [5.74, 6) is 0.478. The fourth-order valence-corrected chi connectivity index (χ4v) is 7.80. The lowest BCUT2D eigenvalue weighted by Crippen LogP contribution is -2.15. The molecule has 5 aromatic rings. The number of benzene rings is 2. The first kappa shape index (κ1) is 28.7. The maximum absolute atomic E-state index is 13.9. The summed E-state index contributed by atoms with van der Waals surface area (Å²) in [6, 6.07) is 17.4. The second-order valence-electron chi connectivity index (χ2n) is 10.1. The van der Waals surface area contributed by atoms with Gasteiger partial charge in [-0.05, 0) is 62.4 Å².